The van der Waals surface area contributed by atoms with Crippen LogP contribution in [0.2, 0.25) is 0 Å². The smallest absolute Gasteiger partial charge is 0.252 e. The Hall–Kier alpha value is -0.830. The van der Waals surface area contributed by atoms with Crippen molar-refractivity contribution in [1.29, 1.82) is 0 Å². The molecule has 2 rings (SSSR count). The number of carbonyl (C=O) groups is 1. The second-order valence-corrected chi connectivity index (χ2v) is 6.72. The van der Waals surface area contributed by atoms with Crippen molar-refractivity contribution in [1.82, 2.24) is 5.32 Å². The van der Waals surface area contributed by atoms with Gasteiger partial charge in [-0.2, -0.15) is 0 Å². The van der Waals surface area contributed by atoms with Crippen LogP contribution in [0.3, 0.4) is 0 Å². The van der Waals surface area contributed by atoms with Crippen molar-refractivity contribution in [3.8, 4) is 0 Å². The highest BCUT2D eigenvalue weighted by molar-refractivity contribution is 7.12. The van der Waals surface area contributed by atoms with Gasteiger partial charge in [-0.25, -0.2) is 0 Å². The zero-order valence-corrected chi connectivity index (χ0v) is 11.7. The van der Waals surface area contributed by atoms with E-state index in [1.807, 2.05) is 13.0 Å². The highest BCUT2D eigenvalue weighted by atomic mass is 32.1. The summed E-state index contributed by atoms with van der Waals surface area (Å²) in [6.07, 6.45) is 4.75. The van der Waals surface area contributed by atoms with Crippen LogP contribution >= 0.6 is 11.3 Å². The third-order valence-electron chi connectivity index (χ3n) is 3.64. The van der Waals surface area contributed by atoms with Gasteiger partial charge in [0.15, 0.2) is 0 Å². The van der Waals surface area contributed by atoms with Crippen molar-refractivity contribution >= 4 is 17.2 Å². The Bertz CT molecular complexity index is 402. The first-order valence-electron chi connectivity index (χ1n) is 6.44. The van der Waals surface area contributed by atoms with Crippen LogP contribution in [0.15, 0.2) is 6.07 Å². The molecule has 0 bridgehead atoms. The minimum Gasteiger partial charge on any atom is -0.349 e. The summed E-state index contributed by atoms with van der Waals surface area (Å²) in [4.78, 5) is 14.5. The Morgan fingerprint density at radius 2 is 1.94 bits per heavy atom. The van der Waals surface area contributed by atoms with E-state index in [-0.39, 0.29) is 5.91 Å². The molecule has 1 fully saturated rings. The number of hydrogen-bond acceptors (Lipinski definition) is 2. The van der Waals surface area contributed by atoms with Crippen molar-refractivity contribution in [3.63, 3.8) is 0 Å². The highest BCUT2D eigenvalue weighted by Gasteiger charge is 2.21. The summed E-state index contributed by atoms with van der Waals surface area (Å²) in [6, 6.07) is 2.39. The Labute approximate surface area is 107 Å². The molecule has 0 aromatic carbocycles. The molecule has 0 atom stereocenters. The Balaban J connectivity index is 1.95. The van der Waals surface area contributed by atoms with Crippen LogP contribution in [0.25, 0.3) is 0 Å². The van der Waals surface area contributed by atoms with Gasteiger partial charge in [0.1, 0.15) is 0 Å². The van der Waals surface area contributed by atoms with Crippen LogP contribution < -0.4 is 5.32 Å². The molecule has 0 spiro atoms. The molecule has 1 aromatic rings. The zero-order valence-electron chi connectivity index (χ0n) is 10.9. The number of rotatable bonds is 2. The molecule has 17 heavy (non-hydrogen) atoms. The van der Waals surface area contributed by atoms with Gasteiger partial charge in [0, 0.05) is 15.8 Å². The first-order valence-corrected chi connectivity index (χ1v) is 7.26. The summed E-state index contributed by atoms with van der Waals surface area (Å²) in [7, 11) is 0. The number of thiophene rings is 1. The number of hydrogen-bond donors (Lipinski definition) is 1. The lowest BCUT2D eigenvalue weighted by Gasteiger charge is -2.26. The Kier molecular flexibility index (Phi) is 3.87. The molecule has 3 heteroatoms. The molecule has 0 saturated heterocycles. The molecule has 1 saturated carbocycles. The molecular formula is C14H21NOS. The molecule has 2 nitrogen and oxygen atoms in total. The van der Waals surface area contributed by atoms with Gasteiger partial charge in [0.05, 0.1) is 5.56 Å². The Morgan fingerprint density at radius 1 is 1.29 bits per heavy atom. The predicted molar refractivity (Wildman–Crippen MR) is 72.7 cm³/mol. The molecule has 1 heterocycles. The van der Waals surface area contributed by atoms with E-state index in [9.17, 15) is 4.79 Å². The second-order valence-electron chi connectivity index (χ2n) is 5.26. The van der Waals surface area contributed by atoms with E-state index >= 15 is 0 Å². The van der Waals surface area contributed by atoms with Crippen molar-refractivity contribution in [2.45, 2.75) is 52.5 Å². The summed E-state index contributed by atoms with van der Waals surface area (Å²) >= 11 is 1.70. The van der Waals surface area contributed by atoms with Crippen molar-refractivity contribution in [3.05, 3.63) is 21.4 Å². The second kappa shape index (κ2) is 5.21. The molecular weight excluding hydrogens is 230 g/mol. The van der Waals surface area contributed by atoms with E-state index in [1.54, 1.807) is 11.3 Å². The minimum absolute atomic E-state index is 0.117. The average Bonchev–Trinajstić information content (AvgIpc) is 2.61. The number of amides is 1. The van der Waals surface area contributed by atoms with Crippen molar-refractivity contribution in [2.75, 3.05) is 0 Å². The zero-order chi connectivity index (χ0) is 12.4. The predicted octanol–water partition coefficient (Wildman–Crippen LogP) is 3.67. The quantitative estimate of drug-likeness (QED) is 0.853. The molecule has 1 N–H and O–H groups in total. The first kappa shape index (κ1) is 12.6. The van der Waals surface area contributed by atoms with Crippen LogP contribution in [-0.2, 0) is 0 Å². The maximum atomic E-state index is 12.1. The van der Waals surface area contributed by atoms with Crippen molar-refractivity contribution < 1.29 is 4.79 Å². The van der Waals surface area contributed by atoms with E-state index in [1.165, 1.54) is 17.7 Å². The number of carbonyl (C=O) groups excluding carboxylic acids is 1. The maximum absolute atomic E-state index is 12.1. The molecule has 94 valence electrons. The van der Waals surface area contributed by atoms with Crippen LogP contribution in [0.5, 0.6) is 0 Å². The fraction of sp³-hybridized carbons (Fsp3) is 0.643. The fourth-order valence-electron chi connectivity index (χ4n) is 2.52. The summed E-state index contributed by atoms with van der Waals surface area (Å²) < 4.78 is 0. The summed E-state index contributed by atoms with van der Waals surface area (Å²) in [5, 5.41) is 3.18. The van der Waals surface area contributed by atoms with Crippen LogP contribution in [0.4, 0.5) is 0 Å². The summed E-state index contributed by atoms with van der Waals surface area (Å²) in [6.45, 7) is 6.37. The minimum atomic E-state index is 0.117. The van der Waals surface area contributed by atoms with Gasteiger partial charge in [0.2, 0.25) is 0 Å². The highest BCUT2D eigenvalue weighted by Crippen LogP contribution is 2.25. The lowest BCUT2D eigenvalue weighted by Crippen LogP contribution is -2.37. The van der Waals surface area contributed by atoms with E-state index in [4.69, 9.17) is 0 Å². The standard InChI is InChI=1S/C14H21NOS/c1-9-4-6-12(7-5-9)15-14(16)13-8-10(2)17-11(13)3/h8-9,12H,4-7H2,1-3H3,(H,15,16). The van der Waals surface area contributed by atoms with Crippen LogP contribution in [0.1, 0.15) is 52.7 Å². The monoisotopic (exact) mass is 251 g/mol. The molecule has 1 aliphatic carbocycles. The average molecular weight is 251 g/mol. The number of aryl methyl sites for hydroxylation is 2. The van der Waals surface area contributed by atoms with Gasteiger partial charge in [0.25, 0.3) is 5.91 Å². The SMILES string of the molecule is Cc1cc(C(=O)NC2CCC(C)CC2)c(C)s1. The topological polar surface area (TPSA) is 29.1 Å². The molecule has 0 radical (unpaired) electrons. The molecule has 1 aromatic heterocycles. The van der Waals surface area contributed by atoms with Gasteiger partial charge in [-0.15, -0.1) is 11.3 Å². The molecule has 1 aliphatic rings. The van der Waals surface area contributed by atoms with Crippen molar-refractivity contribution in [2.24, 2.45) is 5.92 Å². The molecule has 1 amide bonds. The van der Waals surface area contributed by atoms with Crippen LogP contribution in [0, 0.1) is 19.8 Å². The third kappa shape index (κ3) is 3.09. The van der Waals surface area contributed by atoms with Gasteiger partial charge in [-0.3, -0.25) is 4.79 Å². The third-order valence-corrected chi connectivity index (χ3v) is 4.60. The van der Waals surface area contributed by atoms with Gasteiger partial charge in [-0.1, -0.05) is 6.92 Å². The van der Waals surface area contributed by atoms with Crippen LogP contribution in [-0.4, -0.2) is 11.9 Å². The van der Waals surface area contributed by atoms with E-state index in [2.05, 4.69) is 19.2 Å². The molecule has 0 aliphatic heterocycles. The maximum Gasteiger partial charge on any atom is 0.252 e. The molecule has 0 unspecified atom stereocenters. The fourth-order valence-corrected chi connectivity index (χ4v) is 3.45. The van der Waals surface area contributed by atoms with E-state index < -0.39 is 0 Å². The van der Waals surface area contributed by atoms with E-state index in [0.29, 0.717) is 6.04 Å². The number of nitrogens with one attached hydrogen (secondary N) is 1. The summed E-state index contributed by atoms with van der Waals surface area (Å²) in [5.74, 6) is 0.944. The van der Waals surface area contributed by atoms with Gasteiger partial charge < -0.3 is 5.32 Å². The normalized spacial score (nSPS) is 24.6. The lowest BCUT2D eigenvalue weighted by atomic mass is 9.87. The van der Waals surface area contributed by atoms with Gasteiger partial charge >= 0.3 is 0 Å². The largest absolute Gasteiger partial charge is 0.349 e. The summed E-state index contributed by atoms with van der Waals surface area (Å²) in [5.41, 5.74) is 0.867. The van der Waals surface area contributed by atoms with E-state index in [0.717, 1.165) is 29.2 Å². The van der Waals surface area contributed by atoms with Gasteiger partial charge in [-0.05, 0) is 51.5 Å². The first-order chi connectivity index (χ1) is 8.06. The lowest BCUT2D eigenvalue weighted by molar-refractivity contribution is 0.0923. The Morgan fingerprint density at radius 3 is 2.47 bits per heavy atom.